The largest absolute Gasteiger partial charge is 0.241 e. The maximum Gasteiger partial charge on any atom is 0.115 e. The van der Waals surface area contributed by atoms with Crippen LogP contribution in [0.1, 0.15) is 173 Å². The molecule has 0 aliphatic heterocycles. The number of aromatic nitrogens is 2. The SMILES string of the molecule is CCCCCCCCCc1ncnc(CCCCCCCCC)c1CCCCCCCCC. The second-order valence-corrected chi connectivity index (χ2v) is 10.4. The van der Waals surface area contributed by atoms with Gasteiger partial charge in [-0.3, -0.25) is 0 Å². The highest BCUT2D eigenvalue weighted by Gasteiger charge is 2.11. The van der Waals surface area contributed by atoms with Crippen molar-refractivity contribution >= 4 is 0 Å². The van der Waals surface area contributed by atoms with E-state index in [0.717, 1.165) is 12.8 Å². The van der Waals surface area contributed by atoms with Crippen LogP contribution >= 0.6 is 0 Å². The van der Waals surface area contributed by atoms with Gasteiger partial charge in [0.1, 0.15) is 6.33 Å². The highest BCUT2D eigenvalue weighted by molar-refractivity contribution is 5.25. The molecule has 0 amide bonds. The Bertz CT molecular complexity index is 503. The van der Waals surface area contributed by atoms with Crippen LogP contribution in [0.4, 0.5) is 0 Å². The van der Waals surface area contributed by atoms with Crippen molar-refractivity contribution in [1.29, 1.82) is 0 Å². The topological polar surface area (TPSA) is 25.8 Å². The highest BCUT2D eigenvalue weighted by Crippen LogP contribution is 2.20. The number of hydrogen-bond donors (Lipinski definition) is 0. The molecular weight excluding hydrogens is 400 g/mol. The van der Waals surface area contributed by atoms with Gasteiger partial charge in [-0.05, 0) is 44.1 Å². The van der Waals surface area contributed by atoms with E-state index in [2.05, 4.69) is 20.8 Å². The molecule has 33 heavy (non-hydrogen) atoms. The zero-order valence-electron chi connectivity index (χ0n) is 22.9. The maximum atomic E-state index is 4.79. The molecule has 0 radical (unpaired) electrons. The molecule has 2 nitrogen and oxygen atoms in total. The standard InChI is InChI=1S/C31H58N2/c1-4-7-10-13-16-19-22-25-29-30(26-23-20-17-14-11-8-5-2)32-28-33-31(29)27-24-21-18-15-12-9-6-3/h28H,4-27H2,1-3H3. The lowest BCUT2D eigenvalue weighted by Crippen LogP contribution is -2.07. The first-order valence-corrected chi connectivity index (χ1v) is 15.1. The Labute approximate surface area is 208 Å². The summed E-state index contributed by atoms with van der Waals surface area (Å²) in [6, 6.07) is 0. The predicted molar refractivity (Wildman–Crippen MR) is 147 cm³/mol. The quantitative estimate of drug-likeness (QED) is 0.144. The maximum absolute atomic E-state index is 4.79. The van der Waals surface area contributed by atoms with E-state index in [0.29, 0.717) is 0 Å². The molecule has 0 unspecified atom stereocenters. The second-order valence-electron chi connectivity index (χ2n) is 10.4. The second kappa shape index (κ2) is 22.9. The van der Waals surface area contributed by atoms with Crippen LogP contribution in [0, 0.1) is 0 Å². The third-order valence-corrected chi connectivity index (χ3v) is 7.19. The molecule has 0 saturated heterocycles. The zero-order chi connectivity index (χ0) is 23.8. The summed E-state index contributed by atoms with van der Waals surface area (Å²) >= 11 is 0. The monoisotopic (exact) mass is 458 g/mol. The van der Waals surface area contributed by atoms with Crippen LogP contribution in [-0.2, 0) is 19.3 Å². The average Bonchev–Trinajstić information content (AvgIpc) is 2.83. The minimum absolute atomic E-state index is 1.16. The molecule has 1 aromatic rings. The van der Waals surface area contributed by atoms with Crippen LogP contribution in [0.25, 0.3) is 0 Å². The van der Waals surface area contributed by atoms with Gasteiger partial charge in [0, 0.05) is 11.4 Å². The highest BCUT2D eigenvalue weighted by atomic mass is 14.8. The Balaban J connectivity index is 2.51. The molecular formula is C31H58N2. The van der Waals surface area contributed by atoms with E-state index >= 15 is 0 Å². The van der Waals surface area contributed by atoms with Crippen molar-refractivity contribution in [2.45, 2.75) is 175 Å². The molecule has 0 atom stereocenters. The summed E-state index contributed by atoms with van der Waals surface area (Å²) in [5, 5.41) is 0. The Kier molecular flexibility index (Phi) is 20.9. The van der Waals surface area contributed by atoms with Gasteiger partial charge >= 0.3 is 0 Å². The summed E-state index contributed by atoms with van der Waals surface area (Å²) in [4.78, 5) is 9.59. The van der Waals surface area contributed by atoms with Crippen LogP contribution in [0.2, 0.25) is 0 Å². The summed E-state index contributed by atoms with van der Waals surface area (Å²) in [5.74, 6) is 0. The van der Waals surface area contributed by atoms with Crippen molar-refractivity contribution in [2.24, 2.45) is 0 Å². The molecule has 192 valence electrons. The van der Waals surface area contributed by atoms with E-state index in [1.807, 2.05) is 6.33 Å². The van der Waals surface area contributed by atoms with Gasteiger partial charge in [-0.25, -0.2) is 9.97 Å². The molecule has 1 rings (SSSR count). The van der Waals surface area contributed by atoms with Gasteiger partial charge in [0.15, 0.2) is 0 Å². The summed E-state index contributed by atoms with van der Waals surface area (Å²) < 4.78 is 0. The van der Waals surface area contributed by atoms with Gasteiger partial charge in [0.25, 0.3) is 0 Å². The summed E-state index contributed by atoms with van der Waals surface area (Å²) in [6.07, 6.45) is 34.2. The van der Waals surface area contributed by atoms with E-state index in [1.165, 1.54) is 158 Å². The average molecular weight is 459 g/mol. The molecule has 0 spiro atoms. The molecule has 0 aliphatic rings. The molecule has 0 saturated carbocycles. The van der Waals surface area contributed by atoms with E-state index in [-0.39, 0.29) is 0 Å². The van der Waals surface area contributed by atoms with Crippen LogP contribution < -0.4 is 0 Å². The summed E-state index contributed by atoms with van der Waals surface area (Å²) in [6.45, 7) is 6.90. The zero-order valence-corrected chi connectivity index (χ0v) is 22.9. The minimum atomic E-state index is 1.16. The van der Waals surface area contributed by atoms with E-state index in [9.17, 15) is 0 Å². The van der Waals surface area contributed by atoms with E-state index in [4.69, 9.17) is 9.97 Å². The van der Waals surface area contributed by atoms with Gasteiger partial charge in [-0.15, -0.1) is 0 Å². The predicted octanol–water partition coefficient (Wildman–Crippen LogP) is 10.4. The fourth-order valence-electron chi connectivity index (χ4n) is 4.97. The normalized spacial score (nSPS) is 11.4. The minimum Gasteiger partial charge on any atom is -0.241 e. The van der Waals surface area contributed by atoms with Crippen LogP contribution in [-0.4, -0.2) is 9.97 Å². The number of aryl methyl sites for hydroxylation is 2. The first-order valence-electron chi connectivity index (χ1n) is 15.1. The van der Waals surface area contributed by atoms with Gasteiger partial charge in [0.05, 0.1) is 0 Å². The third kappa shape index (κ3) is 16.4. The van der Waals surface area contributed by atoms with Crippen LogP contribution in [0.15, 0.2) is 6.33 Å². The molecule has 0 aromatic carbocycles. The molecule has 0 N–H and O–H groups in total. The molecule has 0 bridgehead atoms. The Morgan fingerprint density at radius 3 is 1.06 bits per heavy atom. The Hall–Kier alpha value is -0.920. The van der Waals surface area contributed by atoms with Crippen molar-refractivity contribution in [3.05, 3.63) is 23.3 Å². The van der Waals surface area contributed by atoms with Crippen LogP contribution in [0.3, 0.4) is 0 Å². The molecule has 0 fully saturated rings. The van der Waals surface area contributed by atoms with Crippen molar-refractivity contribution in [2.75, 3.05) is 0 Å². The van der Waals surface area contributed by atoms with Crippen molar-refractivity contribution < 1.29 is 0 Å². The number of nitrogens with zero attached hydrogens (tertiary/aromatic N) is 2. The van der Waals surface area contributed by atoms with E-state index < -0.39 is 0 Å². The molecule has 1 aromatic heterocycles. The van der Waals surface area contributed by atoms with E-state index in [1.54, 1.807) is 0 Å². The van der Waals surface area contributed by atoms with Gasteiger partial charge in [0.2, 0.25) is 0 Å². The third-order valence-electron chi connectivity index (χ3n) is 7.19. The fraction of sp³-hybridized carbons (Fsp3) is 0.871. The fourth-order valence-corrected chi connectivity index (χ4v) is 4.97. The van der Waals surface area contributed by atoms with Gasteiger partial charge < -0.3 is 0 Å². The first kappa shape index (κ1) is 30.1. The number of rotatable bonds is 24. The molecule has 0 aliphatic carbocycles. The van der Waals surface area contributed by atoms with Crippen LogP contribution in [0.5, 0.6) is 0 Å². The number of unbranched alkanes of at least 4 members (excludes halogenated alkanes) is 18. The molecule has 1 heterocycles. The molecule has 2 heteroatoms. The Morgan fingerprint density at radius 1 is 0.394 bits per heavy atom. The lowest BCUT2D eigenvalue weighted by Gasteiger charge is -2.14. The van der Waals surface area contributed by atoms with Crippen molar-refractivity contribution in [1.82, 2.24) is 9.97 Å². The smallest absolute Gasteiger partial charge is 0.115 e. The number of hydrogen-bond acceptors (Lipinski definition) is 2. The summed E-state index contributed by atoms with van der Waals surface area (Å²) in [7, 11) is 0. The lowest BCUT2D eigenvalue weighted by atomic mass is 9.96. The summed E-state index contributed by atoms with van der Waals surface area (Å²) in [5.41, 5.74) is 4.29. The first-order chi connectivity index (χ1) is 16.3. The van der Waals surface area contributed by atoms with Crippen molar-refractivity contribution in [3.8, 4) is 0 Å². The van der Waals surface area contributed by atoms with Gasteiger partial charge in [-0.1, -0.05) is 136 Å². The Morgan fingerprint density at radius 2 is 0.697 bits per heavy atom. The van der Waals surface area contributed by atoms with Crippen molar-refractivity contribution in [3.63, 3.8) is 0 Å². The van der Waals surface area contributed by atoms with Gasteiger partial charge in [-0.2, -0.15) is 0 Å². The lowest BCUT2D eigenvalue weighted by molar-refractivity contribution is 0.573.